The highest BCUT2D eigenvalue weighted by atomic mass is 14.4. The fourth-order valence-corrected chi connectivity index (χ4v) is 0.757. The molecule has 0 aliphatic rings. The molecule has 1 aromatic carbocycles. The van der Waals surface area contributed by atoms with Crippen molar-refractivity contribution in [3.8, 4) is 0 Å². The average molecular weight is 119 g/mol. The summed E-state index contributed by atoms with van der Waals surface area (Å²) in [6.45, 7) is 2.14. The van der Waals surface area contributed by atoms with Crippen LogP contribution in [0.4, 0.5) is 0 Å². The molecule has 0 saturated heterocycles. The van der Waals surface area contributed by atoms with Crippen LogP contribution >= 0.6 is 0 Å². The molecule has 0 aromatic heterocycles. The molecule has 0 aliphatic heterocycles. The summed E-state index contributed by atoms with van der Waals surface area (Å²) in [4.78, 5) is 0. The van der Waals surface area contributed by atoms with E-state index in [1.807, 2.05) is 37.2 Å². The quantitative estimate of drug-likeness (QED) is 0.534. The van der Waals surface area contributed by atoms with Crippen LogP contribution in [0, 0.1) is 0 Å². The minimum Gasteiger partial charge on any atom is -0.366 e. The van der Waals surface area contributed by atoms with Crippen LogP contribution in [0.15, 0.2) is 30.3 Å². The lowest BCUT2D eigenvalue weighted by Crippen LogP contribution is -2.35. The van der Waals surface area contributed by atoms with Gasteiger partial charge in [0.25, 0.3) is 0 Å². The van der Waals surface area contributed by atoms with Gasteiger partial charge < -0.3 is 5.64 Å². The third-order valence-electron chi connectivity index (χ3n) is 1.33. The van der Waals surface area contributed by atoms with E-state index in [2.05, 4.69) is 0 Å². The predicted octanol–water partition coefficient (Wildman–Crippen LogP) is 0.474. The molecule has 0 radical (unpaired) electrons. The van der Waals surface area contributed by atoms with Crippen LogP contribution in [0.2, 0.25) is 6.82 Å². The predicted molar refractivity (Wildman–Crippen MR) is 41.9 cm³/mol. The van der Waals surface area contributed by atoms with Crippen molar-refractivity contribution < 1.29 is 0 Å². The first kappa shape index (κ1) is 6.37. The fraction of sp³-hybridized carbons (Fsp3) is 0.143. The molecule has 2 heteroatoms. The number of rotatable bonds is 1. The molecule has 0 unspecified atom stereocenters. The molecule has 9 heavy (non-hydrogen) atoms. The molecular weight excluding hydrogens is 109 g/mol. The molecule has 46 valence electrons. The topological polar surface area (TPSA) is 26.0 Å². The first-order valence-electron chi connectivity index (χ1n) is 3.11. The highest BCUT2D eigenvalue weighted by Crippen LogP contribution is 1.82. The zero-order valence-corrected chi connectivity index (χ0v) is 5.54. The van der Waals surface area contributed by atoms with E-state index in [-0.39, 0.29) is 6.85 Å². The summed E-state index contributed by atoms with van der Waals surface area (Å²) in [5.74, 6) is 0. The largest absolute Gasteiger partial charge is 0.366 e. The van der Waals surface area contributed by atoms with Gasteiger partial charge in [-0.15, -0.1) is 0 Å². The van der Waals surface area contributed by atoms with Crippen molar-refractivity contribution in [1.29, 1.82) is 0 Å². The van der Waals surface area contributed by atoms with Gasteiger partial charge in [-0.1, -0.05) is 42.6 Å². The molecule has 0 heterocycles. The van der Waals surface area contributed by atoms with Gasteiger partial charge in [-0.05, 0) is 0 Å². The summed E-state index contributed by atoms with van der Waals surface area (Å²) >= 11 is 0. The Labute approximate surface area is 56.0 Å². The third-order valence-corrected chi connectivity index (χ3v) is 1.33. The molecule has 0 bridgehead atoms. The first-order valence-corrected chi connectivity index (χ1v) is 3.11. The Kier molecular flexibility index (Phi) is 1.90. The van der Waals surface area contributed by atoms with E-state index in [9.17, 15) is 0 Å². The van der Waals surface area contributed by atoms with Crippen LogP contribution in [-0.2, 0) is 0 Å². The monoisotopic (exact) mass is 119 g/mol. The third kappa shape index (κ3) is 1.58. The lowest BCUT2D eigenvalue weighted by atomic mass is 9.60. The van der Waals surface area contributed by atoms with Gasteiger partial charge in [-0.2, -0.15) is 0 Å². The van der Waals surface area contributed by atoms with E-state index in [0.29, 0.717) is 0 Å². The molecule has 0 fully saturated rings. The second kappa shape index (κ2) is 2.69. The maximum atomic E-state index is 5.61. The molecule has 1 aromatic rings. The molecule has 0 aliphatic carbocycles. The number of hydrogen-bond acceptors (Lipinski definition) is 1. The summed E-state index contributed by atoms with van der Waals surface area (Å²) in [7, 11) is 0. The van der Waals surface area contributed by atoms with Crippen LogP contribution in [-0.4, -0.2) is 6.85 Å². The van der Waals surface area contributed by atoms with Gasteiger partial charge >= 0.3 is 0 Å². The van der Waals surface area contributed by atoms with Crippen molar-refractivity contribution in [3.63, 3.8) is 0 Å². The SMILES string of the molecule is CB(N)c1ccccc1. The first-order chi connectivity index (χ1) is 4.30. The van der Waals surface area contributed by atoms with Crippen LogP contribution < -0.4 is 11.1 Å². The molecule has 0 atom stereocenters. The lowest BCUT2D eigenvalue weighted by Gasteiger charge is -1.97. The summed E-state index contributed by atoms with van der Waals surface area (Å²) in [5.41, 5.74) is 6.81. The molecule has 0 spiro atoms. The summed E-state index contributed by atoms with van der Waals surface area (Å²) in [6, 6.07) is 10.1. The average Bonchev–Trinajstić information content (AvgIpc) is 1.90. The van der Waals surface area contributed by atoms with Gasteiger partial charge in [-0.25, -0.2) is 0 Å². The van der Waals surface area contributed by atoms with Crippen LogP contribution in [0.5, 0.6) is 0 Å². The Morgan fingerprint density at radius 3 is 2.11 bits per heavy atom. The number of hydrogen-bond donors (Lipinski definition) is 1. The Bertz CT molecular complexity index is 172. The van der Waals surface area contributed by atoms with E-state index in [1.54, 1.807) is 0 Å². The van der Waals surface area contributed by atoms with Crippen molar-refractivity contribution in [2.24, 2.45) is 5.64 Å². The molecule has 1 rings (SSSR count). The fourth-order valence-electron chi connectivity index (χ4n) is 0.757. The Morgan fingerprint density at radius 2 is 1.78 bits per heavy atom. The van der Waals surface area contributed by atoms with E-state index in [4.69, 9.17) is 5.64 Å². The lowest BCUT2D eigenvalue weighted by molar-refractivity contribution is 1.70. The normalized spacial score (nSPS) is 9.11. The van der Waals surface area contributed by atoms with Crippen molar-refractivity contribution in [2.45, 2.75) is 6.82 Å². The summed E-state index contributed by atoms with van der Waals surface area (Å²) in [5, 5.41) is 0. The van der Waals surface area contributed by atoms with Gasteiger partial charge in [0, 0.05) is 0 Å². The zero-order valence-electron chi connectivity index (χ0n) is 5.54. The standard InChI is InChI=1S/C7H10BN/c1-8(9)7-5-3-2-4-6-7/h2-6H,9H2,1H3. The van der Waals surface area contributed by atoms with Gasteiger partial charge in [0.1, 0.15) is 0 Å². The van der Waals surface area contributed by atoms with E-state index in [0.717, 1.165) is 0 Å². The Balaban J connectivity index is 2.85. The van der Waals surface area contributed by atoms with Crippen molar-refractivity contribution in [3.05, 3.63) is 30.3 Å². The molecule has 1 nitrogen and oxygen atoms in total. The summed E-state index contributed by atoms with van der Waals surface area (Å²) in [6.07, 6.45) is 0. The van der Waals surface area contributed by atoms with Gasteiger partial charge in [0.05, 0.1) is 0 Å². The zero-order chi connectivity index (χ0) is 6.69. The van der Waals surface area contributed by atoms with Gasteiger partial charge in [0.2, 0.25) is 6.85 Å². The Hall–Kier alpha value is -0.755. The van der Waals surface area contributed by atoms with Crippen molar-refractivity contribution >= 4 is 12.3 Å². The van der Waals surface area contributed by atoms with Crippen molar-refractivity contribution in [2.75, 3.05) is 0 Å². The van der Waals surface area contributed by atoms with Crippen LogP contribution in [0.3, 0.4) is 0 Å². The second-order valence-corrected chi connectivity index (χ2v) is 2.20. The molecule has 2 N–H and O–H groups in total. The number of benzene rings is 1. The van der Waals surface area contributed by atoms with Gasteiger partial charge in [-0.3, -0.25) is 0 Å². The van der Waals surface area contributed by atoms with Gasteiger partial charge in [0.15, 0.2) is 0 Å². The maximum absolute atomic E-state index is 5.61. The van der Waals surface area contributed by atoms with E-state index < -0.39 is 0 Å². The maximum Gasteiger partial charge on any atom is 0.248 e. The number of nitrogens with two attached hydrogens (primary N) is 1. The van der Waals surface area contributed by atoms with E-state index >= 15 is 0 Å². The second-order valence-electron chi connectivity index (χ2n) is 2.20. The molecular formula is C7H10BN. The smallest absolute Gasteiger partial charge is 0.248 e. The highest BCUT2D eigenvalue weighted by molar-refractivity contribution is 6.68. The van der Waals surface area contributed by atoms with E-state index in [1.165, 1.54) is 5.46 Å². The minimum absolute atomic E-state index is 0.159. The highest BCUT2D eigenvalue weighted by Gasteiger charge is 1.99. The Morgan fingerprint density at radius 1 is 1.22 bits per heavy atom. The summed E-state index contributed by atoms with van der Waals surface area (Å²) < 4.78 is 0. The van der Waals surface area contributed by atoms with Crippen molar-refractivity contribution in [1.82, 2.24) is 0 Å². The molecule has 0 amide bonds. The van der Waals surface area contributed by atoms with Crippen LogP contribution in [0.1, 0.15) is 0 Å². The molecule has 0 saturated carbocycles. The minimum atomic E-state index is 0.159. The van der Waals surface area contributed by atoms with Crippen LogP contribution in [0.25, 0.3) is 0 Å².